The zero-order chi connectivity index (χ0) is 36.2. The van der Waals surface area contributed by atoms with E-state index in [1.54, 1.807) is 24.8 Å². The number of rotatable bonds is 24. The fourth-order valence-corrected chi connectivity index (χ4v) is 5.59. The molecule has 0 saturated carbocycles. The van der Waals surface area contributed by atoms with Gasteiger partial charge < -0.3 is 31.5 Å². The van der Waals surface area contributed by atoms with Crippen LogP contribution in [0, 0.1) is 11.3 Å². The van der Waals surface area contributed by atoms with Crippen LogP contribution in [0.3, 0.4) is 0 Å². The lowest BCUT2D eigenvalue weighted by Gasteiger charge is -2.38. The fraction of sp³-hybridized carbons (Fsp3) is 0.622. The lowest BCUT2D eigenvalue weighted by Crippen LogP contribution is -2.56. The van der Waals surface area contributed by atoms with Crippen LogP contribution in [0.2, 0.25) is 0 Å². The van der Waals surface area contributed by atoms with Crippen molar-refractivity contribution in [2.45, 2.75) is 97.6 Å². The minimum atomic E-state index is -0.761. The summed E-state index contributed by atoms with van der Waals surface area (Å²) in [7, 11) is 3.88. The number of hydrogen-bond acceptors (Lipinski definition) is 9. The van der Waals surface area contributed by atoms with Crippen molar-refractivity contribution >= 4 is 34.9 Å². The number of nitrogens with zero attached hydrogens (tertiary/aromatic N) is 4. The lowest BCUT2D eigenvalue weighted by atomic mass is 9.72. The van der Waals surface area contributed by atoms with E-state index in [1.807, 2.05) is 75.9 Å². The Kier molecular flexibility index (Phi) is 18.3. The number of nitrogens with one attached hydrogen (secondary N) is 3. The molecule has 0 aliphatic rings. The molecule has 2 aromatic heterocycles. The summed E-state index contributed by atoms with van der Waals surface area (Å²) in [5.41, 5.74) is 7.81. The highest BCUT2D eigenvalue weighted by molar-refractivity contribution is 5.92. The van der Waals surface area contributed by atoms with Gasteiger partial charge in [0.15, 0.2) is 5.78 Å². The van der Waals surface area contributed by atoms with Crippen molar-refractivity contribution in [2.24, 2.45) is 17.1 Å². The predicted octanol–water partition coefficient (Wildman–Crippen LogP) is 3.86. The maximum Gasteiger partial charge on any atom is 0.237 e. The van der Waals surface area contributed by atoms with E-state index in [0.29, 0.717) is 84.0 Å². The van der Waals surface area contributed by atoms with Crippen LogP contribution < -0.4 is 31.5 Å². The van der Waals surface area contributed by atoms with E-state index in [-0.39, 0.29) is 29.4 Å². The first-order chi connectivity index (χ1) is 23.4. The van der Waals surface area contributed by atoms with Crippen LogP contribution in [0.1, 0.15) is 85.5 Å². The fourth-order valence-electron chi connectivity index (χ4n) is 5.59. The molecule has 2 aromatic rings. The molecule has 49 heavy (non-hydrogen) atoms. The Morgan fingerprint density at radius 3 is 1.78 bits per heavy atom. The number of hydrogen-bond donors (Lipinski definition) is 4. The molecule has 12 heteroatoms. The smallest absolute Gasteiger partial charge is 0.237 e. The van der Waals surface area contributed by atoms with Gasteiger partial charge in [-0.2, -0.15) is 0 Å². The number of aromatic nitrogens is 2. The number of Topliss-reactive ketones (excluding diaryl/α,β-unsaturated/α-hetero) is 1. The molecule has 2 rings (SSSR count). The minimum Gasteiger partial charge on any atom is -0.374 e. The van der Waals surface area contributed by atoms with Crippen molar-refractivity contribution in [1.82, 2.24) is 25.9 Å². The zero-order valence-corrected chi connectivity index (χ0v) is 30.5. The molecule has 0 saturated heterocycles. The van der Waals surface area contributed by atoms with Crippen molar-refractivity contribution in [3.05, 3.63) is 49.1 Å². The number of ketones is 1. The molecule has 4 unspecified atom stereocenters. The van der Waals surface area contributed by atoms with Crippen LogP contribution in [0.4, 0.5) is 11.4 Å². The van der Waals surface area contributed by atoms with Gasteiger partial charge in [0, 0.05) is 95.2 Å². The normalized spacial score (nSPS) is 14.1. The summed E-state index contributed by atoms with van der Waals surface area (Å²) in [5, 5.41) is 8.98. The van der Waals surface area contributed by atoms with E-state index < -0.39 is 17.5 Å². The number of amides is 3. The van der Waals surface area contributed by atoms with Gasteiger partial charge >= 0.3 is 0 Å². The third-order valence-corrected chi connectivity index (χ3v) is 9.58. The molecular formula is C37H60N8O4. The van der Waals surface area contributed by atoms with Gasteiger partial charge in [0.25, 0.3) is 0 Å². The molecule has 3 amide bonds. The third-order valence-electron chi connectivity index (χ3n) is 9.58. The van der Waals surface area contributed by atoms with E-state index in [9.17, 15) is 19.2 Å². The molecule has 0 radical (unpaired) electrons. The second-order valence-corrected chi connectivity index (χ2v) is 13.3. The molecule has 4 atom stereocenters. The Labute approximate surface area is 293 Å². The molecular weight excluding hydrogens is 620 g/mol. The lowest BCUT2D eigenvalue weighted by molar-refractivity contribution is -0.134. The molecule has 2 heterocycles. The van der Waals surface area contributed by atoms with Crippen LogP contribution in [0.25, 0.3) is 0 Å². The largest absolute Gasteiger partial charge is 0.374 e. The highest BCUT2D eigenvalue weighted by Crippen LogP contribution is 2.34. The number of pyridine rings is 2. The summed E-state index contributed by atoms with van der Waals surface area (Å²) in [4.78, 5) is 63.8. The summed E-state index contributed by atoms with van der Waals surface area (Å²) in [6.07, 6.45) is 12.1. The number of nitrogens with two attached hydrogens (primary N) is 1. The summed E-state index contributed by atoms with van der Waals surface area (Å²) in [6, 6.07) is 6.17. The molecule has 0 bridgehead atoms. The number of unbranched alkanes of at least 4 members (excludes halogenated alkanes) is 1. The molecule has 0 aliphatic heterocycles. The molecule has 0 spiro atoms. The van der Waals surface area contributed by atoms with Crippen LogP contribution >= 0.6 is 0 Å². The van der Waals surface area contributed by atoms with E-state index in [1.165, 1.54) is 0 Å². The van der Waals surface area contributed by atoms with Crippen LogP contribution in [-0.2, 0) is 19.2 Å². The molecule has 272 valence electrons. The highest BCUT2D eigenvalue weighted by atomic mass is 16.2. The van der Waals surface area contributed by atoms with Crippen molar-refractivity contribution in [3.63, 3.8) is 0 Å². The molecule has 0 aromatic carbocycles. The van der Waals surface area contributed by atoms with Gasteiger partial charge in [0.05, 0.1) is 12.1 Å². The number of carbonyl (C=O) groups is 4. The highest BCUT2D eigenvalue weighted by Gasteiger charge is 2.40. The Morgan fingerprint density at radius 2 is 1.31 bits per heavy atom. The quantitative estimate of drug-likeness (QED) is 0.121. The van der Waals surface area contributed by atoms with Crippen molar-refractivity contribution in [2.75, 3.05) is 50.1 Å². The van der Waals surface area contributed by atoms with Crippen LogP contribution in [0.5, 0.6) is 0 Å². The molecule has 12 nitrogen and oxygen atoms in total. The Balaban J connectivity index is 1.80. The number of anilines is 2. The molecule has 5 N–H and O–H groups in total. The van der Waals surface area contributed by atoms with Gasteiger partial charge in [-0.3, -0.25) is 29.1 Å². The maximum absolute atomic E-state index is 13.6. The van der Waals surface area contributed by atoms with Gasteiger partial charge in [-0.1, -0.05) is 27.7 Å². The summed E-state index contributed by atoms with van der Waals surface area (Å²) >= 11 is 0. The first kappa shape index (κ1) is 41.1. The van der Waals surface area contributed by atoms with E-state index in [0.717, 1.165) is 11.4 Å². The summed E-state index contributed by atoms with van der Waals surface area (Å²) in [5.74, 6) is -0.596. The SMILES string of the molecule is CCC(C)C(=O)C(NC(=O)C(N)CCCCNC(=O)CCN(C)c1ccncc1)C(C)(CC)CCCNC(=O)CCN(C)c1ccncc1. The molecule has 0 fully saturated rings. The van der Waals surface area contributed by atoms with E-state index in [2.05, 4.69) is 25.9 Å². The van der Waals surface area contributed by atoms with Crippen LogP contribution in [-0.4, -0.2) is 85.8 Å². The Hall–Kier alpha value is -4.06. The van der Waals surface area contributed by atoms with Crippen LogP contribution in [0.15, 0.2) is 49.1 Å². The van der Waals surface area contributed by atoms with E-state index in [4.69, 9.17) is 5.73 Å². The van der Waals surface area contributed by atoms with Gasteiger partial charge in [0.2, 0.25) is 17.7 Å². The van der Waals surface area contributed by atoms with Gasteiger partial charge in [-0.25, -0.2) is 0 Å². The van der Waals surface area contributed by atoms with Gasteiger partial charge in [0.1, 0.15) is 0 Å². The average Bonchev–Trinajstić information content (AvgIpc) is 3.13. The number of carbonyl (C=O) groups excluding carboxylic acids is 4. The van der Waals surface area contributed by atoms with Gasteiger partial charge in [-0.15, -0.1) is 0 Å². The standard InChI is InChI=1S/C37H60N8O4/c1-7-28(3)34(48)35(37(4,8-2)19-11-21-42-33(47)18-27-45(6)30-15-24-40-25-16-30)43-36(49)31(38)12-9-10-20-41-32(46)17-26-44(5)29-13-22-39-23-14-29/h13-16,22-25,28,31,35H,7-12,17-21,26-27,38H2,1-6H3,(H,41,46)(H,42,47)(H,43,49). The second-order valence-electron chi connectivity index (χ2n) is 13.3. The summed E-state index contributed by atoms with van der Waals surface area (Å²) < 4.78 is 0. The van der Waals surface area contributed by atoms with Crippen molar-refractivity contribution in [1.29, 1.82) is 0 Å². The summed E-state index contributed by atoms with van der Waals surface area (Å²) in [6.45, 7) is 10.1. The van der Waals surface area contributed by atoms with Crippen molar-refractivity contribution < 1.29 is 19.2 Å². The Bertz CT molecular complexity index is 1280. The topological polar surface area (TPSA) is 163 Å². The second kappa shape index (κ2) is 21.8. The monoisotopic (exact) mass is 680 g/mol. The third kappa shape index (κ3) is 14.5. The van der Waals surface area contributed by atoms with E-state index >= 15 is 0 Å². The predicted molar refractivity (Wildman–Crippen MR) is 196 cm³/mol. The van der Waals surface area contributed by atoms with Crippen molar-refractivity contribution in [3.8, 4) is 0 Å². The first-order valence-electron chi connectivity index (χ1n) is 17.8. The minimum absolute atomic E-state index is 0.00729. The average molecular weight is 681 g/mol. The van der Waals surface area contributed by atoms with Gasteiger partial charge in [-0.05, 0) is 74.6 Å². The molecule has 0 aliphatic carbocycles. The first-order valence-corrected chi connectivity index (χ1v) is 17.8. The maximum atomic E-state index is 13.6. The zero-order valence-electron chi connectivity index (χ0n) is 30.5. The Morgan fingerprint density at radius 1 is 0.816 bits per heavy atom.